The maximum atomic E-state index is 12.6. The molecule has 144 valence electrons. The summed E-state index contributed by atoms with van der Waals surface area (Å²) < 4.78 is 1.96. The number of benzene rings is 1. The molecule has 3 aromatic rings. The minimum atomic E-state index is -0.559. The first-order valence-corrected chi connectivity index (χ1v) is 9.37. The fourth-order valence-electron chi connectivity index (χ4n) is 3.33. The summed E-state index contributed by atoms with van der Waals surface area (Å²) in [4.78, 5) is 18.9. The molecule has 1 aliphatic rings. The van der Waals surface area contributed by atoms with Gasteiger partial charge in [-0.25, -0.2) is 0 Å². The number of carbonyl (C=O) groups is 1. The molecule has 0 fully saturated rings. The smallest absolute Gasteiger partial charge is 0.231 e. The van der Waals surface area contributed by atoms with Gasteiger partial charge in [-0.2, -0.15) is 0 Å². The van der Waals surface area contributed by atoms with Crippen LogP contribution in [0, 0.1) is 5.41 Å². The van der Waals surface area contributed by atoms with Crippen LogP contribution in [0.4, 0.5) is 11.4 Å². The van der Waals surface area contributed by atoms with Crippen LogP contribution in [0.5, 0.6) is 0 Å². The molecule has 4 rings (SSSR count). The average molecular weight is 397 g/mol. The average Bonchev–Trinajstić information content (AvgIpc) is 2.98. The molecule has 7 nitrogen and oxygen atoms in total. The number of hydrogen-bond acceptors (Lipinski definition) is 5. The molecule has 1 aliphatic heterocycles. The third-order valence-corrected chi connectivity index (χ3v) is 5.24. The van der Waals surface area contributed by atoms with Gasteiger partial charge in [-0.15, -0.1) is 10.2 Å². The molecule has 1 amide bonds. The van der Waals surface area contributed by atoms with Crippen molar-refractivity contribution >= 4 is 28.9 Å². The maximum Gasteiger partial charge on any atom is 0.231 e. The minimum Gasteiger partial charge on any atom is -0.360 e. The Labute approximate surface area is 168 Å². The van der Waals surface area contributed by atoms with Crippen LogP contribution in [0.3, 0.4) is 0 Å². The van der Waals surface area contributed by atoms with Crippen LogP contribution < -0.4 is 10.2 Å². The summed E-state index contributed by atoms with van der Waals surface area (Å²) >= 11 is 5.99. The highest BCUT2D eigenvalue weighted by atomic mass is 35.5. The molecule has 0 bridgehead atoms. The lowest BCUT2D eigenvalue weighted by atomic mass is 9.92. The standard InChI is InChI=1S/C20H21ClN6O/c1-20(2)12-27(16-10-22-9-8-15(16)23-19(20)28)11-17-24-25-18(26(17)3)13-4-6-14(21)7-5-13/h4-10H,11-12H2,1-3H3,(H,23,28). The Morgan fingerprint density at radius 3 is 2.68 bits per heavy atom. The van der Waals surface area contributed by atoms with Crippen molar-refractivity contribution in [2.24, 2.45) is 12.5 Å². The van der Waals surface area contributed by atoms with Gasteiger partial charge in [0, 0.05) is 30.4 Å². The molecule has 0 unspecified atom stereocenters. The highest BCUT2D eigenvalue weighted by molar-refractivity contribution is 6.30. The van der Waals surface area contributed by atoms with Crippen molar-refractivity contribution < 1.29 is 4.79 Å². The van der Waals surface area contributed by atoms with Gasteiger partial charge in [0.25, 0.3) is 0 Å². The first-order chi connectivity index (χ1) is 13.3. The van der Waals surface area contributed by atoms with E-state index < -0.39 is 5.41 Å². The zero-order chi connectivity index (χ0) is 19.9. The van der Waals surface area contributed by atoms with E-state index in [-0.39, 0.29) is 5.91 Å². The second kappa shape index (κ2) is 6.91. The van der Waals surface area contributed by atoms with Gasteiger partial charge < -0.3 is 14.8 Å². The maximum absolute atomic E-state index is 12.6. The third kappa shape index (κ3) is 3.33. The van der Waals surface area contributed by atoms with Gasteiger partial charge in [0.05, 0.1) is 29.5 Å². The number of nitrogens with zero attached hydrogens (tertiary/aromatic N) is 5. The largest absolute Gasteiger partial charge is 0.360 e. The third-order valence-electron chi connectivity index (χ3n) is 4.99. The predicted molar refractivity (Wildman–Crippen MR) is 109 cm³/mol. The van der Waals surface area contributed by atoms with E-state index >= 15 is 0 Å². The Bertz CT molecular complexity index is 1030. The van der Waals surface area contributed by atoms with E-state index in [9.17, 15) is 4.79 Å². The fourth-order valence-corrected chi connectivity index (χ4v) is 3.46. The normalized spacial score (nSPS) is 15.7. The van der Waals surface area contributed by atoms with E-state index in [1.807, 2.05) is 55.8 Å². The van der Waals surface area contributed by atoms with Gasteiger partial charge in [0.15, 0.2) is 11.6 Å². The van der Waals surface area contributed by atoms with Gasteiger partial charge in [0.2, 0.25) is 5.91 Å². The van der Waals surface area contributed by atoms with Crippen molar-refractivity contribution in [3.63, 3.8) is 0 Å². The molecule has 0 saturated carbocycles. The minimum absolute atomic E-state index is 0.0118. The number of carbonyl (C=O) groups excluding carboxylic acids is 1. The number of pyridine rings is 1. The Hall–Kier alpha value is -2.93. The summed E-state index contributed by atoms with van der Waals surface area (Å²) in [5, 5.41) is 12.4. The molecule has 2 aromatic heterocycles. The molecule has 0 saturated heterocycles. The topological polar surface area (TPSA) is 75.9 Å². The molecule has 0 atom stereocenters. The van der Waals surface area contributed by atoms with E-state index in [0.29, 0.717) is 18.1 Å². The molecule has 0 spiro atoms. The number of nitrogens with one attached hydrogen (secondary N) is 1. The summed E-state index contributed by atoms with van der Waals surface area (Å²) in [6.07, 6.45) is 3.45. The predicted octanol–water partition coefficient (Wildman–Crippen LogP) is 3.52. The zero-order valence-corrected chi connectivity index (χ0v) is 16.7. The quantitative estimate of drug-likeness (QED) is 0.733. The number of anilines is 2. The molecule has 8 heteroatoms. The Kier molecular flexibility index (Phi) is 4.55. The first-order valence-electron chi connectivity index (χ1n) is 9.00. The van der Waals surface area contributed by atoms with Crippen molar-refractivity contribution in [1.29, 1.82) is 0 Å². The van der Waals surface area contributed by atoms with Crippen LogP contribution in [0.2, 0.25) is 5.02 Å². The van der Waals surface area contributed by atoms with Crippen LogP contribution in [0.25, 0.3) is 11.4 Å². The lowest BCUT2D eigenvalue weighted by molar-refractivity contribution is -0.123. The Balaban J connectivity index is 1.68. The molecule has 3 heterocycles. The first kappa shape index (κ1) is 18.4. The van der Waals surface area contributed by atoms with Gasteiger partial charge >= 0.3 is 0 Å². The highest BCUT2D eigenvalue weighted by Crippen LogP contribution is 2.34. The molecule has 28 heavy (non-hydrogen) atoms. The second-order valence-corrected chi connectivity index (χ2v) is 8.03. The van der Waals surface area contributed by atoms with Crippen molar-refractivity contribution in [2.75, 3.05) is 16.8 Å². The SMILES string of the molecule is Cn1c(CN2CC(C)(C)C(=O)Nc3ccncc32)nnc1-c1ccc(Cl)cc1. The second-order valence-electron chi connectivity index (χ2n) is 7.59. The fraction of sp³-hybridized carbons (Fsp3) is 0.300. The summed E-state index contributed by atoms with van der Waals surface area (Å²) in [7, 11) is 1.94. The van der Waals surface area contributed by atoms with Crippen LogP contribution >= 0.6 is 11.6 Å². The summed E-state index contributed by atoms with van der Waals surface area (Å²) in [6, 6.07) is 9.33. The van der Waals surface area contributed by atoms with Crippen LogP contribution in [0.15, 0.2) is 42.7 Å². The van der Waals surface area contributed by atoms with Gasteiger partial charge in [-0.05, 0) is 44.2 Å². The van der Waals surface area contributed by atoms with E-state index in [4.69, 9.17) is 11.6 Å². The zero-order valence-electron chi connectivity index (χ0n) is 16.0. The van der Waals surface area contributed by atoms with Gasteiger partial charge in [-0.3, -0.25) is 9.78 Å². The van der Waals surface area contributed by atoms with E-state index in [0.717, 1.165) is 28.6 Å². The Morgan fingerprint density at radius 1 is 1.18 bits per heavy atom. The summed E-state index contributed by atoms with van der Waals surface area (Å²) in [6.45, 7) is 4.92. The molecule has 1 N–H and O–H groups in total. The molecule has 0 radical (unpaired) electrons. The number of halogens is 1. The highest BCUT2D eigenvalue weighted by Gasteiger charge is 2.35. The molecule has 1 aromatic carbocycles. The number of fused-ring (bicyclic) bond motifs is 1. The monoisotopic (exact) mass is 396 g/mol. The van der Waals surface area contributed by atoms with E-state index in [2.05, 4.69) is 25.4 Å². The summed E-state index contributed by atoms with van der Waals surface area (Å²) in [5.74, 6) is 1.55. The van der Waals surface area contributed by atoms with Gasteiger partial charge in [0.1, 0.15) is 0 Å². The van der Waals surface area contributed by atoms with Crippen molar-refractivity contribution in [3.05, 3.63) is 53.6 Å². The van der Waals surface area contributed by atoms with Crippen LogP contribution in [-0.4, -0.2) is 32.2 Å². The lowest BCUT2D eigenvalue weighted by Gasteiger charge is -2.29. The number of rotatable bonds is 3. The van der Waals surface area contributed by atoms with Gasteiger partial charge in [-0.1, -0.05) is 11.6 Å². The number of aromatic nitrogens is 4. The van der Waals surface area contributed by atoms with Crippen molar-refractivity contribution in [2.45, 2.75) is 20.4 Å². The lowest BCUT2D eigenvalue weighted by Crippen LogP contribution is -2.39. The molecular weight excluding hydrogens is 376 g/mol. The van der Waals surface area contributed by atoms with Crippen molar-refractivity contribution in [1.82, 2.24) is 19.7 Å². The van der Waals surface area contributed by atoms with Crippen LogP contribution in [0.1, 0.15) is 19.7 Å². The molecule has 0 aliphatic carbocycles. The number of amides is 1. The molecular formula is C20H21ClN6O. The van der Waals surface area contributed by atoms with Crippen LogP contribution in [-0.2, 0) is 18.4 Å². The van der Waals surface area contributed by atoms with E-state index in [1.54, 1.807) is 12.4 Å². The van der Waals surface area contributed by atoms with E-state index in [1.165, 1.54) is 0 Å². The Morgan fingerprint density at radius 2 is 1.93 bits per heavy atom. The van der Waals surface area contributed by atoms with Crippen molar-refractivity contribution in [3.8, 4) is 11.4 Å². The number of hydrogen-bond donors (Lipinski definition) is 1. The summed E-state index contributed by atoms with van der Waals surface area (Å²) in [5.41, 5.74) is 2.01.